The van der Waals surface area contributed by atoms with Gasteiger partial charge in [-0.15, -0.1) is 13.2 Å². The fourth-order valence-electron chi connectivity index (χ4n) is 1.27. The largest absolute Gasteiger partial charge is 0.573 e. The predicted molar refractivity (Wildman–Crippen MR) is 55.1 cm³/mol. The molecule has 0 saturated heterocycles. The zero-order valence-corrected chi connectivity index (χ0v) is 10.5. The molecule has 0 bridgehead atoms. The van der Waals surface area contributed by atoms with Crippen LogP contribution in [-0.4, -0.2) is 18.5 Å². The Morgan fingerprint density at radius 1 is 1.39 bits per heavy atom. The van der Waals surface area contributed by atoms with Crippen molar-refractivity contribution in [1.82, 2.24) is 4.98 Å². The summed E-state index contributed by atoms with van der Waals surface area (Å²) in [6, 6.07) is 0. The van der Waals surface area contributed by atoms with Crippen molar-refractivity contribution < 1.29 is 31.4 Å². The molecule has 3 nitrogen and oxygen atoms in total. The van der Waals surface area contributed by atoms with Gasteiger partial charge in [0.05, 0.1) is 13.3 Å². The first-order valence-electron chi connectivity index (χ1n) is 4.45. The number of halogens is 6. The van der Waals surface area contributed by atoms with Crippen molar-refractivity contribution in [3.63, 3.8) is 0 Å². The Morgan fingerprint density at radius 2 is 2.00 bits per heavy atom. The van der Waals surface area contributed by atoms with E-state index in [0.29, 0.717) is 6.20 Å². The summed E-state index contributed by atoms with van der Waals surface area (Å²) in [5.41, 5.74) is -0.840. The van der Waals surface area contributed by atoms with E-state index in [1.54, 1.807) is 0 Å². The predicted octanol–water partition coefficient (Wildman–Crippen LogP) is 3.82. The number of aromatic nitrogens is 1. The van der Waals surface area contributed by atoms with E-state index in [0.717, 1.165) is 7.11 Å². The van der Waals surface area contributed by atoms with E-state index in [9.17, 15) is 22.0 Å². The maximum Gasteiger partial charge on any atom is 0.573 e. The Balaban J connectivity index is 3.30. The molecular formula is C9H7BrF5NO2. The minimum atomic E-state index is -4.95. The van der Waals surface area contributed by atoms with Gasteiger partial charge in [0, 0.05) is 10.9 Å². The summed E-state index contributed by atoms with van der Waals surface area (Å²) >= 11 is 2.89. The quantitative estimate of drug-likeness (QED) is 0.619. The van der Waals surface area contributed by atoms with Crippen LogP contribution in [0.1, 0.15) is 17.7 Å². The number of nitrogens with zero attached hydrogens (tertiary/aromatic N) is 1. The third kappa shape index (κ3) is 3.44. The molecule has 1 aromatic rings. The summed E-state index contributed by atoms with van der Waals surface area (Å²) in [6.45, 7) is 0. The Bertz CT molecular complexity index is 424. The van der Waals surface area contributed by atoms with E-state index >= 15 is 0 Å². The van der Waals surface area contributed by atoms with Gasteiger partial charge in [-0.2, -0.15) is 0 Å². The molecule has 0 aliphatic rings. The van der Waals surface area contributed by atoms with Crippen molar-refractivity contribution in [1.29, 1.82) is 0 Å². The highest BCUT2D eigenvalue weighted by atomic mass is 79.9. The Labute approximate surface area is 107 Å². The van der Waals surface area contributed by atoms with Crippen molar-refractivity contribution in [3.8, 4) is 11.5 Å². The van der Waals surface area contributed by atoms with Crippen LogP contribution in [0.5, 0.6) is 11.5 Å². The SMILES string of the molecule is COc1c(OC(F)(F)F)cnc(C(F)F)c1CBr. The van der Waals surface area contributed by atoms with Crippen LogP contribution in [0.4, 0.5) is 22.0 Å². The van der Waals surface area contributed by atoms with Crippen molar-refractivity contribution in [2.75, 3.05) is 7.11 Å². The van der Waals surface area contributed by atoms with E-state index < -0.39 is 30.0 Å². The van der Waals surface area contributed by atoms with Gasteiger partial charge in [0.25, 0.3) is 6.43 Å². The summed E-state index contributed by atoms with van der Waals surface area (Å²) in [5, 5.41) is -0.141. The first-order valence-corrected chi connectivity index (χ1v) is 5.58. The van der Waals surface area contributed by atoms with E-state index in [4.69, 9.17) is 0 Å². The van der Waals surface area contributed by atoms with Crippen LogP contribution in [0.15, 0.2) is 6.20 Å². The maximum atomic E-state index is 12.6. The lowest BCUT2D eigenvalue weighted by Crippen LogP contribution is -2.18. The molecule has 1 rings (SSSR count). The molecule has 0 aliphatic carbocycles. The van der Waals surface area contributed by atoms with Gasteiger partial charge in [-0.25, -0.2) is 8.78 Å². The van der Waals surface area contributed by atoms with Crippen LogP contribution in [0.3, 0.4) is 0 Å². The van der Waals surface area contributed by atoms with Gasteiger partial charge in [0.2, 0.25) is 0 Å². The molecule has 9 heteroatoms. The third-order valence-electron chi connectivity index (χ3n) is 1.90. The van der Waals surface area contributed by atoms with Gasteiger partial charge in [-0.1, -0.05) is 15.9 Å². The molecule has 0 amide bonds. The number of alkyl halides is 6. The maximum absolute atomic E-state index is 12.6. The number of methoxy groups -OCH3 is 1. The zero-order chi connectivity index (χ0) is 13.9. The molecule has 1 aromatic heterocycles. The second-order valence-electron chi connectivity index (χ2n) is 3.00. The molecule has 0 N–H and O–H groups in total. The van der Waals surface area contributed by atoms with Gasteiger partial charge >= 0.3 is 6.36 Å². The van der Waals surface area contributed by atoms with E-state index in [1.807, 2.05) is 0 Å². The number of rotatable bonds is 4. The first kappa shape index (κ1) is 14.9. The molecule has 102 valence electrons. The second kappa shape index (κ2) is 5.68. The lowest BCUT2D eigenvalue weighted by atomic mass is 10.2. The molecular weight excluding hydrogens is 329 g/mol. The van der Waals surface area contributed by atoms with Gasteiger partial charge < -0.3 is 9.47 Å². The lowest BCUT2D eigenvalue weighted by Gasteiger charge is -2.16. The molecule has 0 saturated carbocycles. The number of ether oxygens (including phenoxy) is 2. The summed E-state index contributed by atoms with van der Waals surface area (Å²) in [5.74, 6) is -1.18. The van der Waals surface area contributed by atoms with Crippen LogP contribution in [-0.2, 0) is 5.33 Å². The Morgan fingerprint density at radius 3 is 2.39 bits per heavy atom. The second-order valence-corrected chi connectivity index (χ2v) is 3.56. The summed E-state index contributed by atoms with van der Waals surface area (Å²) in [7, 11) is 1.06. The fourth-order valence-corrected chi connectivity index (χ4v) is 1.81. The molecule has 0 fully saturated rings. The average Bonchev–Trinajstić information content (AvgIpc) is 2.25. The van der Waals surface area contributed by atoms with E-state index in [2.05, 4.69) is 30.4 Å². The zero-order valence-electron chi connectivity index (χ0n) is 8.89. The minimum Gasteiger partial charge on any atom is -0.492 e. The van der Waals surface area contributed by atoms with E-state index in [1.165, 1.54) is 0 Å². The van der Waals surface area contributed by atoms with Crippen LogP contribution < -0.4 is 9.47 Å². The Hall–Kier alpha value is -1.12. The summed E-state index contributed by atoms with van der Waals surface area (Å²) in [6.07, 6.45) is -7.32. The monoisotopic (exact) mass is 335 g/mol. The molecule has 0 aliphatic heterocycles. The molecule has 18 heavy (non-hydrogen) atoms. The molecule has 0 unspecified atom stereocenters. The summed E-state index contributed by atoms with van der Waals surface area (Å²) in [4.78, 5) is 3.26. The highest BCUT2D eigenvalue weighted by Crippen LogP contribution is 2.39. The van der Waals surface area contributed by atoms with Crippen molar-refractivity contribution in [2.24, 2.45) is 0 Å². The smallest absolute Gasteiger partial charge is 0.492 e. The number of hydrogen-bond acceptors (Lipinski definition) is 3. The molecule has 0 radical (unpaired) electrons. The fraction of sp³-hybridized carbons (Fsp3) is 0.444. The summed E-state index contributed by atoms with van der Waals surface area (Å²) < 4.78 is 69.8. The van der Waals surface area contributed by atoms with Crippen molar-refractivity contribution in [3.05, 3.63) is 17.5 Å². The average molecular weight is 336 g/mol. The van der Waals surface area contributed by atoms with Crippen molar-refractivity contribution >= 4 is 15.9 Å². The van der Waals surface area contributed by atoms with Crippen molar-refractivity contribution in [2.45, 2.75) is 18.1 Å². The number of hydrogen-bond donors (Lipinski definition) is 0. The highest BCUT2D eigenvalue weighted by molar-refractivity contribution is 9.08. The normalized spacial score (nSPS) is 11.8. The van der Waals surface area contributed by atoms with Gasteiger partial charge in [-0.3, -0.25) is 4.98 Å². The third-order valence-corrected chi connectivity index (χ3v) is 2.46. The molecule has 0 aromatic carbocycles. The molecule has 1 heterocycles. The van der Waals surface area contributed by atoms with E-state index in [-0.39, 0.29) is 10.9 Å². The van der Waals surface area contributed by atoms with Gasteiger partial charge in [0.1, 0.15) is 5.69 Å². The molecule has 0 spiro atoms. The first-order chi connectivity index (χ1) is 8.30. The lowest BCUT2D eigenvalue weighted by molar-refractivity contribution is -0.275. The van der Waals surface area contributed by atoms with Crippen LogP contribution >= 0.6 is 15.9 Å². The Kier molecular flexibility index (Phi) is 4.71. The van der Waals surface area contributed by atoms with Crippen LogP contribution in [0, 0.1) is 0 Å². The molecule has 0 atom stereocenters. The van der Waals surface area contributed by atoms with Gasteiger partial charge in [0.15, 0.2) is 11.5 Å². The number of pyridine rings is 1. The minimum absolute atomic E-state index is 0.141. The topological polar surface area (TPSA) is 31.4 Å². The van der Waals surface area contributed by atoms with Crippen LogP contribution in [0.25, 0.3) is 0 Å². The van der Waals surface area contributed by atoms with Gasteiger partial charge in [-0.05, 0) is 0 Å². The van der Waals surface area contributed by atoms with Crippen LogP contribution in [0.2, 0.25) is 0 Å². The standard InChI is InChI=1S/C9H7BrF5NO2/c1-17-7-4(2-10)6(8(11)12)16-3-5(7)18-9(13,14)15/h3,8H,2H2,1H3. The highest BCUT2D eigenvalue weighted by Gasteiger charge is 2.34.